The summed E-state index contributed by atoms with van der Waals surface area (Å²) in [6.07, 6.45) is 1.26. The van der Waals surface area contributed by atoms with E-state index < -0.39 is 5.41 Å². The van der Waals surface area contributed by atoms with E-state index >= 15 is 0 Å². The van der Waals surface area contributed by atoms with Gasteiger partial charge in [-0.05, 0) is 31.2 Å². The SMILES string of the molecule is CCOc1cc(C(=O)NCCNC(=O)c2ccc(NC(=O)C(C)(C)C)cc2)ncn1. The molecule has 2 aromatic rings. The van der Waals surface area contributed by atoms with E-state index in [1.54, 1.807) is 24.3 Å². The summed E-state index contributed by atoms with van der Waals surface area (Å²) < 4.78 is 5.24. The van der Waals surface area contributed by atoms with Gasteiger partial charge in [-0.1, -0.05) is 20.8 Å². The molecular formula is C21H27N5O4. The van der Waals surface area contributed by atoms with Crippen molar-refractivity contribution in [3.8, 4) is 5.88 Å². The third-order valence-electron chi connectivity index (χ3n) is 3.95. The van der Waals surface area contributed by atoms with Gasteiger partial charge in [0.05, 0.1) is 6.61 Å². The fourth-order valence-corrected chi connectivity index (χ4v) is 2.26. The van der Waals surface area contributed by atoms with Gasteiger partial charge in [0, 0.05) is 35.8 Å². The van der Waals surface area contributed by atoms with E-state index in [-0.39, 0.29) is 36.5 Å². The first-order valence-electron chi connectivity index (χ1n) is 9.63. The van der Waals surface area contributed by atoms with Crippen LogP contribution in [0.2, 0.25) is 0 Å². The first-order valence-corrected chi connectivity index (χ1v) is 9.63. The number of amides is 3. The van der Waals surface area contributed by atoms with Crippen LogP contribution in [0.5, 0.6) is 5.88 Å². The van der Waals surface area contributed by atoms with Gasteiger partial charge in [-0.2, -0.15) is 0 Å². The highest BCUT2D eigenvalue weighted by atomic mass is 16.5. The average Bonchev–Trinajstić information content (AvgIpc) is 2.71. The molecule has 0 saturated carbocycles. The Balaban J connectivity index is 1.78. The highest BCUT2D eigenvalue weighted by Gasteiger charge is 2.21. The zero-order valence-electron chi connectivity index (χ0n) is 17.6. The molecule has 0 unspecified atom stereocenters. The normalized spacial score (nSPS) is 10.8. The van der Waals surface area contributed by atoms with Crippen molar-refractivity contribution in [1.29, 1.82) is 0 Å². The van der Waals surface area contributed by atoms with Crippen molar-refractivity contribution < 1.29 is 19.1 Å². The van der Waals surface area contributed by atoms with Crippen LogP contribution in [0.3, 0.4) is 0 Å². The summed E-state index contributed by atoms with van der Waals surface area (Å²) in [4.78, 5) is 44.1. The van der Waals surface area contributed by atoms with Crippen molar-refractivity contribution in [1.82, 2.24) is 20.6 Å². The van der Waals surface area contributed by atoms with Gasteiger partial charge in [0.2, 0.25) is 11.8 Å². The Morgan fingerprint density at radius 2 is 1.60 bits per heavy atom. The zero-order valence-corrected chi connectivity index (χ0v) is 17.6. The van der Waals surface area contributed by atoms with Crippen LogP contribution in [0.4, 0.5) is 5.69 Å². The molecule has 0 aliphatic heterocycles. The lowest BCUT2D eigenvalue weighted by atomic mass is 9.95. The number of nitrogens with one attached hydrogen (secondary N) is 3. The van der Waals surface area contributed by atoms with Crippen molar-refractivity contribution in [2.24, 2.45) is 5.41 Å². The van der Waals surface area contributed by atoms with Gasteiger partial charge >= 0.3 is 0 Å². The van der Waals surface area contributed by atoms with E-state index in [0.29, 0.717) is 23.7 Å². The third-order valence-corrected chi connectivity index (χ3v) is 3.95. The topological polar surface area (TPSA) is 122 Å². The van der Waals surface area contributed by atoms with Crippen LogP contribution in [0.25, 0.3) is 0 Å². The highest BCUT2D eigenvalue weighted by molar-refractivity contribution is 5.97. The smallest absolute Gasteiger partial charge is 0.270 e. The largest absolute Gasteiger partial charge is 0.478 e. The summed E-state index contributed by atoms with van der Waals surface area (Å²) in [7, 11) is 0. The Labute approximate surface area is 175 Å². The lowest BCUT2D eigenvalue weighted by Gasteiger charge is -2.17. The first kappa shape index (κ1) is 22.8. The Bertz CT molecular complexity index is 891. The molecule has 2 rings (SSSR count). The molecule has 9 nitrogen and oxygen atoms in total. The fourth-order valence-electron chi connectivity index (χ4n) is 2.26. The van der Waals surface area contributed by atoms with E-state index in [4.69, 9.17) is 4.74 Å². The monoisotopic (exact) mass is 413 g/mol. The first-order chi connectivity index (χ1) is 14.2. The minimum Gasteiger partial charge on any atom is -0.478 e. The standard InChI is InChI=1S/C21H27N5O4/c1-5-30-17-12-16(24-13-25-17)19(28)23-11-10-22-18(27)14-6-8-15(9-7-14)26-20(29)21(2,3)4/h6-9,12-13H,5,10-11H2,1-4H3,(H,22,27)(H,23,28)(H,26,29). The summed E-state index contributed by atoms with van der Waals surface area (Å²) in [5.41, 5.74) is 0.756. The fraction of sp³-hybridized carbons (Fsp3) is 0.381. The van der Waals surface area contributed by atoms with E-state index in [1.165, 1.54) is 12.4 Å². The maximum absolute atomic E-state index is 12.2. The molecule has 0 aliphatic carbocycles. The third kappa shape index (κ3) is 6.84. The van der Waals surface area contributed by atoms with E-state index in [0.717, 1.165) is 0 Å². The van der Waals surface area contributed by atoms with Crippen LogP contribution in [-0.2, 0) is 4.79 Å². The van der Waals surface area contributed by atoms with Crippen LogP contribution in [0, 0.1) is 5.41 Å². The minimum atomic E-state index is -0.503. The van der Waals surface area contributed by atoms with E-state index in [2.05, 4.69) is 25.9 Å². The number of benzene rings is 1. The number of carbonyl (C=O) groups excluding carboxylic acids is 3. The summed E-state index contributed by atoms with van der Waals surface area (Å²) in [6.45, 7) is 8.21. The second kappa shape index (κ2) is 10.3. The Hall–Kier alpha value is -3.49. The van der Waals surface area contributed by atoms with Gasteiger partial charge in [-0.3, -0.25) is 14.4 Å². The van der Waals surface area contributed by atoms with Crippen molar-refractivity contribution in [3.63, 3.8) is 0 Å². The number of aromatic nitrogens is 2. The van der Waals surface area contributed by atoms with Crippen molar-refractivity contribution in [2.45, 2.75) is 27.7 Å². The van der Waals surface area contributed by atoms with Crippen LogP contribution in [-0.4, -0.2) is 47.4 Å². The molecule has 0 atom stereocenters. The predicted molar refractivity (Wildman–Crippen MR) is 112 cm³/mol. The van der Waals surface area contributed by atoms with Gasteiger partial charge in [-0.25, -0.2) is 9.97 Å². The van der Waals surface area contributed by atoms with Crippen molar-refractivity contribution in [3.05, 3.63) is 47.9 Å². The van der Waals surface area contributed by atoms with Gasteiger partial charge in [0.15, 0.2) is 0 Å². The maximum atomic E-state index is 12.2. The second-order valence-corrected chi connectivity index (χ2v) is 7.47. The predicted octanol–water partition coefficient (Wildman–Crippen LogP) is 2.02. The molecule has 1 aromatic carbocycles. The van der Waals surface area contributed by atoms with E-state index in [9.17, 15) is 14.4 Å². The molecule has 0 bridgehead atoms. The summed E-state index contributed by atoms with van der Waals surface area (Å²) in [5.74, 6) is -0.439. The molecular weight excluding hydrogens is 386 g/mol. The highest BCUT2D eigenvalue weighted by Crippen LogP contribution is 2.17. The van der Waals surface area contributed by atoms with Gasteiger partial charge in [0.1, 0.15) is 12.0 Å². The van der Waals surface area contributed by atoms with Crippen LogP contribution >= 0.6 is 0 Å². The molecule has 0 fully saturated rings. The molecule has 30 heavy (non-hydrogen) atoms. The molecule has 3 N–H and O–H groups in total. The van der Waals surface area contributed by atoms with E-state index in [1.807, 2.05) is 27.7 Å². The number of hydrogen-bond donors (Lipinski definition) is 3. The zero-order chi connectivity index (χ0) is 22.1. The van der Waals surface area contributed by atoms with Crippen LogP contribution in [0.1, 0.15) is 48.5 Å². The number of carbonyl (C=O) groups is 3. The number of nitrogens with zero attached hydrogens (tertiary/aromatic N) is 2. The molecule has 0 aliphatic rings. The molecule has 0 radical (unpaired) electrons. The molecule has 1 heterocycles. The Morgan fingerprint density at radius 1 is 0.967 bits per heavy atom. The summed E-state index contributed by atoms with van der Waals surface area (Å²) >= 11 is 0. The minimum absolute atomic E-state index is 0.104. The van der Waals surface area contributed by atoms with Gasteiger partial charge in [0.25, 0.3) is 11.8 Å². The van der Waals surface area contributed by atoms with Gasteiger partial charge < -0.3 is 20.7 Å². The lowest BCUT2D eigenvalue weighted by Crippen LogP contribution is -2.35. The summed E-state index contributed by atoms with van der Waals surface area (Å²) in [5, 5.41) is 8.20. The molecule has 9 heteroatoms. The van der Waals surface area contributed by atoms with Crippen LogP contribution < -0.4 is 20.7 Å². The number of hydrogen-bond acceptors (Lipinski definition) is 6. The average molecular weight is 413 g/mol. The molecule has 0 spiro atoms. The number of ether oxygens (including phenoxy) is 1. The molecule has 3 amide bonds. The maximum Gasteiger partial charge on any atom is 0.270 e. The Morgan fingerprint density at radius 3 is 2.20 bits per heavy atom. The van der Waals surface area contributed by atoms with Crippen LogP contribution in [0.15, 0.2) is 36.7 Å². The quantitative estimate of drug-likeness (QED) is 0.569. The second-order valence-electron chi connectivity index (χ2n) is 7.47. The number of anilines is 1. The lowest BCUT2D eigenvalue weighted by molar-refractivity contribution is -0.123. The van der Waals surface area contributed by atoms with Crippen molar-refractivity contribution in [2.75, 3.05) is 25.0 Å². The molecule has 1 aromatic heterocycles. The van der Waals surface area contributed by atoms with Crippen molar-refractivity contribution >= 4 is 23.4 Å². The number of rotatable bonds is 8. The molecule has 0 saturated heterocycles. The Kier molecular flexibility index (Phi) is 7.85. The summed E-state index contributed by atoms with van der Waals surface area (Å²) in [6, 6.07) is 8.05. The molecule has 160 valence electrons. The van der Waals surface area contributed by atoms with Gasteiger partial charge in [-0.15, -0.1) is 0 Å².